The number of carbonyl (C=O) groups excluding carboxylic acids is 1. The Balaban J connectivity index is 1.78. The minimum atomic E-state index is -0.696. The summed E-state index contributed by atoms with van der Waals surface area (Å²) >= 11 is 0. The van der Waals surface area contributed by atoms with Crippen molar-refractivity contribution in [3.63, 3.8) is 0 Å². The molecule has 1 saturated carbocycles. The first-order chi connectivity index (χ1) is 11.6. The molecule has 0 spiro atoms. The molecule has 0 N–H and O–H groups in total. The summed E-state index contributed by atoms with van der Waals surface area (Å²) in [6, 6.07) is 10.7. The van der Waals surface area contributed by atoms with E-state index >= 15 is 0 Å². The molecule has 126 valence electrons. The van der Waals surface area contributed by atoms with E-state index in [4.69, 9.17) is 0 Å². The highest BCUT2D eigenvalue weighted by molar-refractivity contribution is 5.88. The van der Waals surface area contributed by atoms with Gasteiger partial charge in [0.2, 0.25) is 5.91 Å². The van der Waals surface area contributed by atoms with Crippen LogP contribution in [0.2, 0.25) is 0 Å². The Morgan fingerprint density at radius 3 is 2.50 bits per heavy atom. The number of amides is 1. The Hall–Kier alpha value is -2.23. The topological polar surface area (TPSA) is 33.2 Å². The van der Waals surface area contributed by atoms with Crippen LogP contribution in [-0.2, 0) is 16.6 Å². The van der Waals surface area contributed by atoms with Gasteiger partial charge in [-0.15, -0.1) is 0 Å². The minimum absolute atomic E-state index is 0.0409. The first-order valence-electron chi connectivity index (χ1n) is 8.53. The third-order valence-corrected chi connectivity index (χ3v) is 5.09. The van der Waals surface area contributed by atoms with Crippen LogP contribution in [-0.4, -0.2) is 29.4 Å². The highest BCUT2D eigenvalue weighted by Crippen LogP contribution is 2.43. The summed E-state index contributed by atoms with van der Waals surface area (Å²) in [5, 5.41) is 0. The lowest BCUT2D eigenvalue weighted by Gasteiger charge is -2.33. The molecule has 0 bridgehead atoms. The monoisotopic (exact) mass is 326 g/mol. The number of benzene rings is 1. The SMILES string of the molecule is CN(CCc1ccncc1)C(=O)C1(c2ccccc2F)CCCC1. The largest absolute Gasteiger partial charge is 0.345 e. The van der Waals surface area contributed by atoms with Crippen molar-refractivity contribution in [3.05, 3.63) is 65.7 Å². The van der Waals surface area contributed by atoms with Gasteiger partial charge >= 0.3 is 0 Å². The van der Waals surface area contributed by atoms with Gasteiger partial charge in [-0.25, -0.2) is 4.39 Å². The van der Waals surface area contributed by atoms with Gasteiger partial charge in [0.1, 0.15) is 5.82 Å². The number of hydrogen-bond donors (Lipinski definition) is 0. The second kappa shape index (κ2) is 7.12. The number of rotatable bonds is 5. The summed E-state index contributed by atoms with van der Waals surface area (Å²) in [5.41, 5.74) is 1.01. The molecule has 3 nitrogen and oxygen atoms in total. The van der Waals surface area contributed by atoms with E-state index in [0.29, 0.717) is 12.1 Å². The average molecular weight is 326 g/mol. The van der Waals surface area contributed by atoms with Crippen molar-refractivity contribution in [3.8, 4) is 0 Å². The van der Waals surface area contributed by atoms with Gasteiger partial charge in [-0.1, -0.05) is 31.0 Å². The maximum atomic E-state index is 14.4. The van der Waals surface area contributed by atoms with Gasteiger partial charge in [-0.05, 0) is 43.0 Å². The normalized spacial score (nSPS) is 16.1. The molecule has 1 aromatic carbocycles. The molecule has 3 rings (SSSR count). The number of aromatic nitrogens is 1. The zero-order valence-corrected chi connectivity index (χ0v) is 14.0. The smallest absolute Gasteiger partial charge is 0.233 e. The molecule has 1 aliphatic rings. The molecule has 24 heavy (non-hydrogen) atoms. The van der Waals surface area contributed by atoms with Gasteiger partial charge in [-0.3, -0.25) is 9.78 Å². The van der Waals surface area contributed by atoms with Gasteiger partial charge in [0.15, 0.2) is 0 Å². The third kappa shape index (κ3) is 3.18. The Morgan fingerprint density at radius 2 is 1.83 bits per heavy atom. The van der Waals surface area contributed by atoms with E-state index in [1.165, 1.54) is 6.07 Å². The number of pyridine rings is 1. The lowest BCUT2D eigenvalue weighted by molar-refractivity contribution is -0.136. The number of likely N-dealkylation sites (N-methyl/N-ethyl adjacent to an activating group) is 1. The van der Waals surface area contributed by atoms with Crippen LogP contribution in [0.25, 0.3) is 0 Å². The number of carbonyl (C=O) groups is 1. The van der Waals surface area contributed by atoms with Gasteiger partial charge in [0.05, 0.1) is 5.41 Å². The van der Waals surface area contributed by atoms with Crippen LogP contribution in [0.15, 0.2) is 48.8 Å². The van der Waals surface area contributed by atoms with Crippen molar-refractivity contribution >= 4 is 5.91 Å². The predicted octanol–water partition coefficient (Wildman–Crippen LogP) is 3.73. The third-order valence-electron chi connectivity index (χ3n) is 5.09. The lowest BCUT2D eigenvalue weighted by Crippen LogP contribution is -2.44. The molecule has 1 aromatic heterocycles. The van der Waals surface area contributed by atoms with Gasteiger partial charge in [0, 0.05) is 31.5 Å². The maximum Gasteiger partial charge on any atom is 0.233 e. The van der Waals surface area contributed by atoms with Crippen LogP contribution in [0.4, 0.5) is 4.39 Å². The van der Waals surface area contributed by atoms with E-state index in [2.05, 4.69) is 4.98 Å². The van der Waals surface area contributed by atoms with Crippen LogP contribution in [0.1, 0.15) is 36.8 Å². The quantitative estimate of drug-likeness (QED) is 0.839. The summed E-state index contributed by atoms with van der Waals surface area (Å²) in [7, 11) is 1.82. The van der Waals surface area contributed by atoms with Crippen molar-refractivity contribution in [1.29, 1.82) is 0 Å². The average Bonchev–Trinajstić information content (AvgIpc) is 3.11. The minimum Gasteiger partial charge on any atom is -0.345 e. The van der Waals surface area contributed by atoms with Crippen LogP contribution >= 0.6 is 0 Å². The Bertz CT molecular complexity index is 696. The van der Waals surface area contributed by atoms with E-state index in [9.17, 15) is 9.18 Å². The van der Waals surface area contributed by atoms with Crippen LogP contribution < -0.4 is 0 Å². The summed E-state index contributed by atoms with van der Waals surface area (Å²) in [6.07, 6.45) is 7.69. The van der Waals surface area contributed by atoms with E-state index in [1.54, 1.807) is 29.4 Å². The molecule has 1 amide bonds. The summed E-state index contributed by atoms with van der Waals surface area (Å²) < 4.78 is 14.4. The molecular weight excluding hydrogens is 303 g/mol. The predicted molar refractivity (Wildman–Crippen MR) is 92.1 cm³/mol. The second-order valence-electron chi connectivity index (χ2n) is 6.60. The molecule has 0 radical (unpaired) electrons. The van der Waals surface area contributed by atoms with Gasteiger partial charge in [-0.2, -0.15) is 0 Å². The van der Waals surface area contributed by atoms with E-state index < -0.39 is 5.41 Å². The summed E-state index contributed by atoms with van der Waals surface area (Å²) in [6.45, 7) is 0.624. The van der Waals surface area contributed by atoms with Gasteiger partial charge < -0.3 is 4.90 Å². The number of nitrogens with zero attached hydrogens (tertiary/aromatic N) is 2. The van der Waals surface area contributed by atoms with Crippen molar-refractivity contribution in [1.82, 2.24) is 9.88 Å². The van der Waals surface area contributed by atoms with Crippen LogP contribution in [0.5, 0.6) is 0 Å². The molecular formula is C20H23FN2O. The zero-order valence-electron chi connectivity index (χ0n) is 14.0. The fourth-order valence-electron chi connectivity index (χ4n) is 3.74. The highest BCUT2D eigenvalue weighted by Gasteiger charge is 2.45. The molecule has 0 saturated heterocycles. The Morgan fingerprint density at radius 1 is 1.17 bits per heavy atom. The first kappa shape index (κ1) is 16.6. The van der Waals surface area contributed by atoms with Crippen LogP contribution in [0, 0.1) is 5.82 Å². The molecule has 0 aliphatic heterocycles. The molecule has 0 unspecified atom stereocenters. The van der Waals surface area contributed by atoms with Crippen LogP contribution in [0.3, 0.4) is 0 Å². The lowest BCUT2D eigenvalue weighted by atomic mass is 9.77. The second-order valence-corrected chi connectivity index (χ2v) is 6.60. The van der Waals surface area contributed by atoms with Crippen molar-refractivity contribution < 1.29 is 9.18 Å². The van der Waals surface area contributed by atoms with Crippen molar-refractivity contribution in [2.45, 2.75) is 37.5 Å². The standard InChI is InChI=1S/C20H23FN2O/c1-23(15-10-16-8-13-22-14-9-16)19(24)20(11-4-5-12-20)17-6-2-3-7-18(17)21/h2-3,6-9,13-14H,4-5,10-12,15H2,1H3. The molecule has 0 atom stereocenters. The number of halogens is 1. The van der Waals surface area contributed by atoms with Crippen molar-refractivity contribution in [2.75, 3.05) is 13.6 Å². The fourth-order valence-corrected chi connectivity index (χ4v) is 3.74. The zero-order chi connectivity index (χ0) is 17.0. The molecule has 4 heteroatoms. The van der Waals surface area contributed by atoms with Crippen molar-refractivity contribution in [2.24, 2.45) is 0 Å². The maximum absolute atomic E-state index is 14.4. The Labute approximate surface area is 142 Å². The first-order valence-corrected chi connectivity index (χ1v) is 8.53. The molecule has 2 aromatic rings. The highest BCUT2D eigenvalue weighted by atomic mass is 19.1. The van der Waals surface area contributed by atoms with E-state index in [0.717, 1.165) is 37.7 Å². The molecule has 1 heterocycles. The summed E-state index contributed by atoms with van der Waals surface area (Å²) in [4.78, 5) is 19.0. The fraction of sp³-hybridized carbons (Fsp3) is 0.400. The number of hydrogen-bond acceptors (Lipinski definition) is 2. The molecule has 1 aliphatic carbocycles. The molecule has 1 fully saturated rings. The van der Waals surface area contributed by atoms with Gasteiger partial charge in [0.25, 0.3) is 0 Å². The van der Waals surface area contributed by atoms with E-state index in [1.807, 2.05) is 25.2 Å². The summed E-state index contributed by atoms with van der Waals surface area (Å²) in [5.74, 6) is -0.227. The van der Waals surface area contributed by atoms with E-state index in [-0.39, 0.29) is 11.7 Å². The Kier molecular flexibility index (Phi) is 4.93.